The van der Waals surface area contributed by atoms with Gasteiger partial charge in [-0.2, -0.15) is 0 Å². The maximum atomic E-state index is 11.3. The van der Waals surface area contributed by atoms with Crippen LogP contribution in [0.2, 0.25) is 0 Å². The van der Waals surface area contributed by atoms with Crippen LogP contribution in [0.4, 0.5) is 0 Å². The Morgan fingerprint density at radius 3 is 2.64 bits per heavy atom. The molecule has 0 saturated heterocycles. The second-order valence-electron chi connectivity index (χ2n) is 2.41. The zero-order chi connectivity index (χ0) is 7.84. The highest BCUT2D eigenvalue weighted by atomic mass is 79.9. The van der Waals surface area contributed by atoms with Crippen molar-refractivity contribution in [3.05, 3.63) is 39.9 Å². The van der Waals surface area contributed by atoms with Crippen LogP contribution in [0, 0.1) is 0 Å². The van der Waals surface area contributed by atoms with Crippen molar-refractivity contribution in [1.29, 1.82) is 0 Å². The molecule has 2 heteroatoms. The Kier molecular flexibility index (Phi) is 1.43. The molecule has 0 aliphatic heterocycles. The molecule has 2 rings (SSSR count). The summed E-state index contributed by atoms with van der Waals surface area (Å²) in [7, 11) is 0. The molecule has 0 fully saturated rings. The number of benzene rings is 1. The molecule has 0 amide bonds. The summed E-state index contributed by atoms with van der Waals surface area (Å²) in [5.41, 5.74) is 1.80. The molecular formula is C9H5BrO. The van der Waals surface area contributed by atoms with Gasteiger partial charge >= 0.3 is 0 Å². The number of Topliss-reactive ketones (excluding diaryl/α,β-unsaturated/α-hetero) is 1. The lowest BCUT2D eigenvalue weighted by Crippen LogP contribution is -1.92. The van der Waals surface area contributed by atoms with Crippen molar-refractivity contribution >= 4 is 27.8 Å². The fraction of sp³-hybridized carbons (Fsp3) is 0. The zero-order valence-corrected chi connectivity index (χ0v) is 7.26. The first-order valence-electron chi connectivity index (χ1n) is 3.30. The summed E-state index contributed by atoms with van der Waals surface area (Å²) in [5.74, 6) is 0.0839. The van der Waals surface area contributed by atoms with E-state index in [1.807, 2.05) is 30.3 Å². The molecule has 0 bridgehead atoms. The zero-order valence-electron chi connectivity index (χ0n) is 5.67. The summed E-state index contributed by atoms with van der Waals surface area (Å²) in [6, 6.07) is 7.56. The fourth-order valence-corrected chi connectivity index (χ4v) is 1.62. The van der Waals surface area contributed by atoms with Crippen molar-refractivity contribution in [3.8, 4) is 0 Å². The highest BCUT2D eigenvalue weighted by Crippen LogP contribution is 2.27. The Morgan fingerprint density at radius 2 is 1.91 bits per heavy atom. The number of hydrogen-bond acceptors (Lipinski definition) is 1. The smallest absolute Gasteiger partial charge is 0.200 e. The lowest BCUT2D eigenvalue weighted by Gasteiger charge is -1.92. The van der Waals surface area contributed by atoms with Gasteiger partial charge in [0.15, 0.2) is 0 Å². The van der Waals surface area contributed by atoms with E-state index in [1.54, 1.807) is 0 Å². The second-order valence-corrected chi connectivity index (χ2v) is 3.26. The van der Waals surface area contributed by atoms with Crippen LogP contribution in [-0.4, -0.2) is 5.78 Å². The van der Waals surface area contributed by atoms with Gasteiger partial charge in [-0.3, -0.25) is 4.79 Å². The molecule has 0 radical (unpaired) electrons. The summed E-state index contributed by atoms with van der Waals surface area (Å²) < 4.78 is 0.652. The Hall–Kier alpha value is -0.890. The van der Waals surface area contributed by atoms with Crippen molar-refractivity contribution in [2.24, 2.45) is 0 Å². The molecule has 54 valence electrons. The Balaban J connectivity index is 2.67. The molecule has 0 spiro atoms. The number of ketones is 1. The largest absolute Gasteiger partial charge is 0.288 e. The number of carbonyl (C=O) groups is 1. The summed E-state index contributed by atoms with van der Waals surface area (Å²) >= 11 is 3.20. The molecule has 0 heterocycles. The summed E-state index contributed by atoms with van der Waals surface area (Å²) in [5, 5.41) is 0. The first-order chi connectivity index (χ1) is 5.29. The Labute approximate surface area is 72.9 Å². The molecule has 1 nitrogen and oxygen atoms in total. The number of allylic oxidation sites excluding steroid dienone is 1. The second kappa shape index (κ2) is 2.31. The van der Waals surface area contributed by atoms with E-state index in [0.29, 0.717) is 4.48 Å². The average molecular weight is 209 g/mol. The van der Waals surface area contributed by atoms with Gasteiger partial charge in [-0.15, -0.1) is 0 Å². The maximum absolute atomic E-state index is 11.3. The monoisotopic (exact) mass is 208 g/mol. The third-order valence-electron chi connectivity index (χ3n) is 1.70. The van der Waals surface area contributed by atoms with Gasteiger partial charge < -0.3 is 0 Å². The minimum absolute atomic E-state index is 0.0839. The molecule has 0 aromatic heterocycles. The summed E-state index contributed by atoms with van der Waals surface area (Å²) in [6.45, 7) is 0. The SMILES string of the molecule is O=C1C(Br)=Cc2ccccc21. The first kappa shape index (κ1) is 6.80. The molecule has 1 aromatic rings. The molecular weight excluding hydrogens is 204 g/mol. The van der Waals surface area contributed by atoms with Crippen molar-refractivity contribution in [1.82, 2.24) is 0 Å². The topological polar surface area (TPSA) is 17.1 Å². The van der Waals surface area contributed by atoms with E-state index in [9.17, 15) is 4.79 Å². The lowest BCUT2D eigenvalue weighted by atomic mass is 10.1. The van der Waals surface area contributed by atoms with E-state index in [4.69, 9.17) is 0 Å². The highest BCUT2D eigenvalue weighted by molar-refractivity contribution is 9.12. The summed E-state index contributed by atoms with van der Waals surface area (Å²) in [6.07, 6.45) is 1.84. The van der Waals surface area contributed by atoms with E-state index in [0.717, 1.165) is 11.1 Å². The van der Waals surface area contributed by atoms with Gasteiger partial charge in [0.25, 0.3) is 0 Å². The van der Waals surface area contributed by atoms with E-state index >= 15 is 0 Å². The van der Waals surface area contributed by atoms with Gasteiger partial charge in [0.1, 0.15) is 0 Å². The molecule has 1 aliphatic carbocycles. The van der Waals surface area contributed by atoms with Gasteiger partial charge in [0, 0.05) is 5.56 Å². The molecule has 0 atom stereocenters. The minimum atomic E-state index is 0.0839. The molecule has 1 aliphatic rings. The number of fused-ring (bicyclic) bond motifs is 1. The van der Waals surface area contributed by atoms with E-state index in [2.05, 4.69) is 15.9 Å². The highest BCUT2D eigenvalue weighted by Gasteiger charge is 2.18. The van der Waals surface area contributed by atoms with Crippen molar-refractivity contribution in [2.45, 2.75) is 0 Å². The van der Waals surface area contributed by atoms with Crippen LogP contribution < -0.4 is 0 Å². The standard InChI is InChI=1S/C9H5BrO/c10-8-5-6-3-1-2-4-7(6)9(8)11/h1-5H. The quantitative estimate of drug-likeness (QED) is 0.641. The van der Waals surface area contributed by atoms with Crippen molar-refractivity contribution in [3.63, 3.8) is 0 Å². The Bertz CT molecular complexity index is 352. The average Bonchev–Trinajstić information content (AvgIpc) is 2.30. The molecule has 11 heavy (non-hydrogen) atoms. The number of hydrogen-bond donors (Lipinski definition) is 0. The third kappa shape index (κ3) is 0.942. The van der Waals surface area contributed by atoms with Crippen LogP contribution in [-0.2, 0) is 0 Å². The van der Waals surface area contributed by atoms with Crippen LogP contribution in [0.15, 0.2) is 28.7 Å². The van der Waals surface area contributed by atoms with Crippen LogP contribution in [0.1, 0.15) is 15.9 Å². The number of halogens is 1. The van der Waals surface area contributed by atoms with E-state index in [-0.39, 0.29) is 5.78 Å². The van der Waals surface area contributed by atoms with E-state index in [1.165, 1.54) is 0 Å². The Morgan fingerprint density at radius 1 is 1.18 bits per heavy atom. The predicted octanol–water partition coefficient (Wildman–Crippen LogP) is 2.62. The van der Waals surface area contributed by atoms with Gasteiger partial charge in [0.2, 0.25) is 5.78 Å². The van der Waals surface area contributed by atoms with E-state index < -0.39 is 0 Å². The molecule has 0 unspecified atom stereocenters. The molecule has 1 aromatic carbocycles. The van der Waals surface area contributed by atoms with Crippen molar-refractivity contribution < 1.29 is 4.79 Å². The van der Waals surface area contributed by atoms with Gasteiger partial charge in [-0.25, -0.2) is 0 Å². The van der Waals surface area contributed by atoms with Crippen LogP contribution in [0.25, 0.3) is 6.08 Å². The maximum Gasteiger partial charge on any atom is 0.200 e. The lowest BCUT2D eigenvalue weighted by molar-refractivity contribution is 0.104. The van der Waals surface area contributed by atoms with Crippen LogP contribution in [0.5, 0.6) is 0 Å². The van der Waals surface area contributed by atoms with Gasteiger partial charge in [0.05, 0.1) is 4.48 Å². The summed E-state index contributed by atoms with van der Waals surface area (Å²) in [4.78, 5) is 11.3. The number of carbonyl (C=O) groups excluding carboxylic acids is 1. The van der Waals surface area contributed by atoms with Gasteiger partial charge in [-0.05, 0) is 27.6 Å². The predicted molar refractivity (Wildman–Crippen MR) is 47.7 cm³/mol. The van der Waals surface area contributed by atoms with Gasteiger partial charge in [-0.1, -0.05) is 24.3 Å². The normalized spacial score (nSPS) is 14.6. The number of rotatable bonds is 0. The molecule has 0 saturated carbocycles. The minimum Gasteiger partial charge on any atom is -0.288 e. The van der Waals surface area contributed by atoms with Crippen LogP contribution in [0.3, 0.4) is 0 Å². The third-order valence-corrected chi connectivity index (χ3v) is 2.29. The molecule has 0 N–H and O–H groups in total. The van der Waals surface area contributed by atoms with Crippen molar-refractivity contribution in [2.75, 3.05) is 0 Å². The fourth-order valence-electron chi connectivity index (χ4n) is 1.16. The van der Waals surface area contributed by atoms with Crippen LogP contribution >= 0.6 is 15.9 Å². The first-order valence-corrected chi connectivity index (χ1v) is 4.09.